The molecule has 0 spiro atoms. The van der Waals surface area contributed by atoms with Crippen LogP contribution in [0.1, 0.15) is 26.4 Å². The Morgan fingerprint density at radius 2 is 2.17 bits per heavy atom. The van der Waals surface area contributed by atoms with Crippen LogP contribution in [-0.4, -0.2) is 26.8 Å². The molecule has 2 aromatic heterocycles. The molecule has 2 rings (SSSR count). The third-order valence-corrected chi connectivity index (χ3v) is 3.21. The first-order valence-electron chi connectivity index (χ1n) is 5.11. The quantitative estimate of drug-likeness (QED) is 0.885. The van der Waals surface area contributed by atoms with Gasteiger partial charge in [0.25, 0.3) is 5.91 Å². The standard InChI is InChI=1S/C11H11N3O3S/c1-6-8(5-14(2)13-6)9(15)12-10-7(11(16)17)3-4-18-10/h3-5H,1-2H3,(H,12,15)(H,16,17). The maximum atomic E-state index is 12.0. The summed E-state index contributed by atoms with van der Waals surface area (Å²) in [7, 11) is 1.72. The Balaban J connectivity index is 2.24. The molecule has 0 saturated carbocycles. The molecule has 0 aliphatic carbocycles. The van der Waals surface area contributed by atoms with Gasteiger partial charge in [0.05, 0.1) is 16.8 Å². The topological polar surface area (TPSA) is 84.2 Å². The molecule has 7 heteroatoms. The summed E-state index contributed by atoms with van der Waals surface area (Å²) in [4.78, 5) is 22.9. The number of rotatable bonds is 3. The molecule has 2 N–H and O–H groups in total. The molecule has 2 heterocycles. The van der Waals surface area contributed by atoms with Gasteiger partial charge in [-0.2, -0.15) is 5.10 Å². The van der Waals surface area contributed by atoms with Crippen LogP contribution in [0.15, 0.2) is 17.6 Å². The van der Waals surface area contributed by atoms with E-state index in [0.717, 1.165) is 0 Å². The molecule has 0 aliphatic rings. The van der Waals surface area contributed by atoms with E-state index >= 15 is 0 Å². The van der Waals surface area contributed by atoms with Crippen LogP contribution in [-0.2, 0) is 7.05 Å². The summed E-state index contributed by atoms with van der Waals surface area (Å²) in [5.74, 6) is -1.42. The van der Waals surface area contributed by atoms with Crippen molar-refractivity contribution in [1.82, 2.24) is 9.78 Å². The van der Waals surface area contributed by atoms with E-state index in [2.05, 4.69) is 10.4 Å². The van der Waals surface area contributed by atoms with Crippen molar-refractivity contribution in [1.29, 1.82) is 0 Å². The number of amides is 1. The normalized spacial score (nSPS) is 10.3. The number of nitrogens with one attached hydrogen (secondary N) is 1. The zero-order valence-corrected chi connectivity index (χ0v) is 10.6. The SMILES string of the molecule is Cc1nn(C)cc1C(=O)Nc1sccc1C(=O)O. The first kappa shape index (κ1) is 12.3. The predicted molar refractivity (Wildman–Crippen MR) is 67.2 cm³/mol. The Morgan fingerprint density at radius 1 is 1.44 bits per heavy atom. The van der Waals surface area contributed by atoms with Crippen LogP contribution >= 0.6 is 11.3 Å². The van der Waals surface area contributed by atoms with Gasteiger partial charge in [-0.3, -0.25) is 9.48 Å². The summed E-state index contributed by atoms with van der Waals surface area (Å²) in [5, 5.41) is 17.5. The van der Waals surface area contributed by atoms with E-state index in [0.29, 0.717) is 16.3 Å². The summed E-state index contributed by atoms with van der Waals surface area (Å²) in [6.07, 6.45) is 1.60. The molecule has 0 radical (unpaired) electrons. The molecular weight excluding hydrogens is 254 g/mol. The summed E-state index contributed by atoms with van der Waals surface area (Å²) < 4.78 is 1.54. The van der Waals surface area contributed by atoms with Gasteiger partial charge in [0.1, 0.15) is 5.00 Å². The molecule has 0 bridgehead atoms. The van der Waals surface area contributed by atoms with Gasteiger partial charge in [0.2, 0.25) is 0 Å². The van der Waals surface area contributed by atoms with Gasteiger partial charge in [0.15, 0.2) is 0 Å². The predicted octanol–water partition coefficient (Wildman–Crippen LogP) is 1.74. The number of nitrogens with zero attached hydrogens (tertiary/aromatic N) is 2. The largest absolute Gasteiger partial charge is 0.478 e. The second-order valence-electron chi connectivity index (χ2n) is 3.72. The molecular formula is C11H11N3O3S. The fraction of sp³-hybridized carbons (Fsp3) is 0.182. The van der Waals surface area contributed by atoms with Crippen molar-refractivity contribution in [3.05, 3.63) is 34.5 Å². The number of carboxylic acid groups (broad SMARTS) is 1. The number of carbonyl (C=O) groups is 2. The monoisotopic (exact) mass is 265 g/mol. The lowest BCUT2D eigenvalue weighted by atomic mass is 10.2. The van der Waals surface area contributed by atoms with E-state index < -0.39 is 5.97 Å². The molecule has 2 aromatic rings. The number of hydrogen-bond acceptors (Lipinski definition) is 4. The lowest BCUT2D eigenvalue weighted by Gasteiger charge is -2.02. The lowest BCUT2D eigenvalue weighted by molar-refractivity contribution is 0.0698. The minimum atomic E-state index is -1.06. The van der Waals surface area contributed by atoms with Crippen LogP contribution in [0.4, 0.5) is 5.00 Å². The number of aromatic nitrogens is 2. The van der Waals surface area contributed by atoms with Crippen molar-refractivity contribution < 1.29 is 14.7 Å². The highest BCUT2D eigenvalue weighted by atomic mass is 32.1. The Labute approximate surface area is 107 Å². The molecule has 18 heavy (non-hydrogen) atoms. The third kappa shape index (κ3) is 2.25. The third-order valence-electron chi connectivity index (χ3n) is 2.38. The molecule has 0 atom stereocenters. The average Bonchev–Trinajstić information content (AvgIpc) is 2.85. The van der Waals surface area contributed by atoms with Gasteiger partial charge in [-0.05, 0) is 18.4 Å². The summed E-state index contributed by atoms with van der Waals surface area (Å²) in [6.45, 7) is 1.72. The fourth-order valence-electron chi connectivity index (χ4n) is 1.57. The van der Waals surface area contributed by atoms with Crippen LogP contribution < -0.4 is 5.32 Å². The van der Waals surface area contributed by atoms with Crippen LogP contribution in [0, 0.1) is 6.92 Å². The highest BCUT2D eigenvalue weighted by Crippen LogP contribution is 2.24. The van der Waals surface area contributed by atoms with E-state index in [1.54, 1.807) is 25.5 Å². The van der Waals surface area contributed by atoms with E-state index in [1.165, 1.54) is 22.1 Å². The maximum absolute atomic E-state index is 12.0. The van der Waals surface area contributed by atoms with E-state index in [1.807, 2.05) is 0 Å². The van der Waals surface area contributed by atoms with E-state index in [-0.39, 0.29) is 11.5 Å². The fourth-order valence-corrected chi connectivity index (χ4v) is 2.34. The van der Waals surface area contributed by atoms with Gasteiger partial charge in [-0.25, -0.2) is 4.79 Å². The molecule has 0 aromatic carbocycles. The molecule has 0 unspecified atom stereocenters. The van der Waals surface area contributed by atoms with Crippen molar-refractivity contribution in [3.63, 3.8) is 0 Å². The summed E-state index contributed by atoms with van der Waals surface area (Å²) in [5.41, 5.74) is 1.13. The number of carboxylic acids is 1. The van der Waals surface area contributed by atoms with Crippen LogP contribution in [0.5, 0.6) is 0 Å². The molecule has 94 valence electrons. The van der Waals surface area contributed by atoms with Crippen LogP contribution in [0.25, 0.3) is 0 Å². The summed E-state index contributed by atoms with van der Waals surface area (Å²) in [6, 6.07) is 1.46. The van der Waals surface area contributed by atoms with E-state index in [4.69, 9.17) is 5.11 Å². The van der Waals surface area contributed by atoms with Crippen molar-refractivity contribution in [2.45, 2.75) is 6.92 Å². The summed E-state index contributed by atoms with van der Waals surface area (Å²) >= 11 is 1.17. The van der Waals surface area contributed by atoms with Gasteiger partial charge < -0.3 is 10.4 Å². The number of anilines is 1. The molecule has 6 nitrogen and oxygen atoms in total. The zero-order valence-electron chi connectivity index (χ0n) is 9.80. The smallest absolute Gasteiger partial charge is 0.338 e. The van der Waals surface area contributed by atoms with Crippen LogP contribution in [0.2, 0.25) is 0 Å². The average molecular weight is 265 g/mol. The second-order valence-corrected chi connectivity index (χ2v) is 4.64. The first-order chi connectivity index (χ1) is 8.49. The van der Waals surface area contributed by atoms with Crippen molar-refractivity contribution in [2.24, 2.45) is 7.05 Å². The zero-order chi connectivity index (χ0) is 13.3. The number of thiophene rings is 1. The minimum Gasteiger partial charge on any atom is -0.478 e. The van der Waals surface area contributed by atoms with Crippen LogP contribution in [0.3, 0.4) is 0 Å². The first-order valence-corrected chi connectivity index (χ1v) is 5.99. The Kier molecular flexibility index (Phi) is 3.15. The van der Waals surface area contributed by atoms with Gasteiger partial charge in [0, 0.05) is 13.2 Å². The minimum absolute atomic E-state index is 0.0925. The highest BCUT2D eigenvalue weighted by Gasteiger charge is 2.17. The Morgan fingerprint density at radius 3 is 2.72 bits per heavy atom. The van der Waals surface area contributed by atoms with Gasteiger partial charge >= 0.3 is 5.97 Å². The number of hydrogen-bond donors (Lipinski definition) is 2. The van der Waals surface area contributed by atoms with Crippen molar-refractivity contribution in [3.8, 4) is 0 Å². The second kappa shape index (κ2) is 4.61. The van der Waals surface area contributed by atoms with E-state index in [9.17, 15) is 9.59 Å². The molecule has 1 amide bonds. The number of aromatic carboxylic acids is 1. The number of carbonyl (C=O) groups excluding carboxylic acids is 1. The van der Waals surface area contributed by atoms with Gasteiger partial charge in [-0.15, -0.1) is 11.3 Å². The highest BCUT2D eigenvalue weighted by molar-refractivity contribution is 7.14. The Hall–Kier alpha value is -2.15. The lowest BCUT2D eigenvalue weighted by Crippen LogP contribution is -2.13. The maximum Gasteiger partial charge on any atom is 0.338 e. The number of aryl methyl sites for hydroxylation is 2. The van der Waals surface area contributed by atoms with Gasteiger partial charge in [-0.1, -0.05) is 0 Å². The van der Waals surface area contributed by atoms with Crippen molar-refractivity contribution >= 4 is 28.2 Å². The molecule has 0 saturated heterocycles. The Bertz CT molecular complexity index is 615. The van der Waals surface area contributed by atoms with Crippen molar-refractivity contribution in [2.75, 3.05) is 5.32 Å². The molecule has 0 aliphatic heterocycles. The molecule has 0 fully saturated rings.